The number of hydrogen-bond donors (Lipinski definition) is 2. The highest BCUT2D eigenvalue weighted by Gasteiger charge is 2.30. The van der Waals surface area contributed by atoms with Crippen LogP contribution in [-0.4, -0.2) is 73.8 Å². The Morgan fingerprint density at radius 1 is 0.688 bits per heavy atom. The lowest BCUT2D eigenvalue weighted by Crippen LogP contribution is -2.36. The van der Waals surface area contributed by atoms with Gasteiger partial charge in [-0.3, -0.25) is 19.2 Å². The van der Waals surface area contributed by atoms with E-state index in [0.717, 1.165) is 100 Å². The molecule has 0 bridgehead atoms. The van der Waals surface area contributed by atoms with Gasteiger partial charge in [-0.1, -0.05) is 154 Å². The fraction of sp³-hybridized carbons (Fsp3) is 0.778. The topological polar surface area (TPSA) is 108 Å². The van der Waals surface area contributed by atoms with Crippen LogP contribution in [-0.2, 0) is 32.1 Å². The van der Waals surface area contributed by atoms with E-state index in [4.69, 9.17) is 4.74 Å². The predicted molar refractivity (Wildman–Crippen MR) is 271 cm³/mol. The lowest BCUT2D eigenvalue weighted by Gasteiger charge is -2.27. The smallest absolute Gasteiger partial charge is 0.308 e. The summed E-state index contributed by atoms with van der Waals surface area (Å²) in [5, 5.41) is 6.77. The summed E-state index contributed by atoms with van der Waals surface area (Å²) in [6.45, 7) is 9.37. The number of thiophene rings is 1. The van der Waals surface area contributed by atoms with Gasteiger partial charge in [-0.2, -0.15) is 0 Å². The van der Waals surface area contributed by atoms with Gasteiger partial charge in [0, 0.05) is 37.4 Å². The highest BCUT2D eigenvalue weighted by molar-refractivity contribution is 7.17. The molecule has 0 aromatic carbocycles. The summed E-state index contributed by atoms with van der Waals surface area (Å²) >= 11 is 1.44. The van der Waals surface area contributed by atoms with Crippen LogP contribution in [0.4, 0.5) is 5.00 Å². The first-order valence-corrected chi connectivity index (χ1v) is 27.1. The highest BCUT2D eigenvalue weighted by atomic mass is 32.1. The third-order valence-electron chi connectivity index (χ3n) is 12.5. The van der Waals surface area contributed by atoms with Crippen molar-refractivity contribution in [3.8, 4) is 0 Å². The number of amides is 3. The Bertz CT molecular complexity index is 1440. The van der Waals surface area contributed by atoms with Gasteiger partial charge in [0.25, 0.3) is 5.91 Å². The average Bonchev–Trinajstić information content (AvgIpc) is 3.64. The van der Waals surface area contributed by atoms with Crippen molar-refractivity contribution < 1.29 is 23.9 Å². The van der Waals surface area contributed by atoms with E-state index in [1.54, 1.807) is 0 Å². The van der Waals surface area contributed by atoms with E-state index in [-0.39, 0.29) is 29.6 Å². The van der Waals surface area contributed by atoms with Gasteiger partial charge in [-0.05, 0) is 96.7 Å². The maximum atomic E-state index is 13.6. The molecule has 2 heterocycles. The Kier molecular flexibility index (Phi) is 34.1. The average molecular weight is 911 g/mol. The third kappa shape index (κ3) is 26.9. The van der Waals surface area contributed by atoms with Crippen molar-refractivity contribution in [3.05, 3.63) is 40.3 Å². The molecule has 64 heavy (non-hydrogen) atoms. The number of fused-ring (bicyclic) bond motifs is 1. The summed E-state index contributed by atoms with van der Waals surface area (Å²) in [6, 6.07) is 0. The molecule has 0 spiro atoms. The Labute approximate surface area is 395 Å². The first kappa shape index (κ1) is 57.1. The van der Waals surface area contributed by atoms with E-state index in [2.05, 4.69) is 55.7 Å². The third-order valence-corrected chi connectivity index (χ3v) is 13.6. The minimum atomic E-state index is -0.164. The van der Waals surface area contributed by atoms with E-state index < -0.39 is 0 Å². The van der Waals surface area contributed by atoms with E-state index >= 15 is 0 Å². The molecule has 366 valence electrons. The van der Waals surface area contributed by atoms with Crippen molar-refractivity contribution in [2.45, 2.75) is 226 Å². The zero-order valence-electron chi connectivity index (χ0n) is 41.7. The number of hydrogen-bond acceptors (Lipinski definition) is 7. The highest BCUT2D eigenvalue weighted by Crippen LogP contribution is 2.37. The molecule has 1 aliphatic heterocycles. The molecule has 0 atom stereocenters. The van der Waals surface area contributed by atoms with Crippen LogP contribution in [0.15, 0.2) is 24.3 Å². The standard InChI is InChI=1S/C54H94N4O5S/c1-6-9-12-15-18-19-20-21-22-23-24-25-26-29-33-38-49(59)56-53-51(52(61)55-41-43-57(4)5)47-40-42-58(45-48(47)64-53)50(60)39-34-30-35-44-63-54(62)46(36-31-27-16-13-10-7-2)37-32-28-17-14-11-8-3/h18-19,21-22,46H,6-17,20,23-45H2,1-5H3,(H,55,61)(H,56,59)/b19-18-,22-21-. The van der Waals surface area contributed by atoms with Gasteiger partial charge < -0.3 is 25.2 Å². The van der Waals surface area contributed by atoms with Crippen molar-refractivity contribution >= 4 is 40.0 Å². The molecule has 0 fully saturated rings. The molecule has 1 aromatic rings. The second-order valence-electron chi connectivity index (χ2n) is 18.6. The Balaban J connectivity index is 1.81. The lowest BCUT2D eigenvalue weighted by atomic mass is 9.94. The fourth-order valence-electron chi connectivity index (χ4n) is 8.44. The SMILES string of the molecule is CCCCC/C=C\C/C=C\CCCCCCCC(=O)Nc1sc2c(c1C(=O)NCCN(C)C)CCN(C(=O)CCCCCOC(=O)C(CCCCCCCC)CCCCCCCC)C2. The maximum absolute atomic E-state index is 13.6. The summed E-state index contributed by atoms with van der Waals surface area (Å²) in [5.74, 6) is -0.132. The molecule has 1 aliphatic rings. The Morgan fingerprint density at radius 3 is 1.88 bits per heavy atom. The molecule has 9 nitrogen and oxygen atoms in total. The molecular weight excluding hydrogens is 817 g/mol. The molecular formula is C54H94N4O5S. The number of esters is 1. The van der Waals surface area contributed by atoms with Crippen molar-refractivity contribution in [1.82, 2.24) is 15.1 Å². The Hall–Kier alpha value is -2.98. The monoisotopic (exact) mass is 911 g/mol. The van der Waals surface area contributed by atoms with Crippen LogP contribution in [0.5, 0.6) is 0 Å². The number of carbonyl (C=O) groups is 4. The molecule has 1 aromatic heterocycles. The van der Waals surface area contributed by atoms with Crippen molar-refractivity contribution in [1.29, 1.82) is 0 Å². The van der Waals surface area contributed by atoms with Gasteiger partial charge in [0.1, 0.15) is 5.00 Å². The number of carbonyl (C=O) groups excluding carboxylic acids is 4. The fourth-order valence-corrected chi connectivity index (χ4v) is 9.72. The van der Waals surface area contributed by atoms with Crippen LogP contribution in [0, 0.1) is 5.92 Å². The first-order chi connectivity index (χ1) is 31.2. The maximum Gasteiger partial charge on any atom is 0.308 e. The van der Waals surface area contributed by atoms with E-state index in [9.17, 15) is 19.2 Å². The molecule has 0 saturated carbocycles. The lowest BCUT2D eigenvalue weighted by molar-refractivity contribution is -0.149. The van der Waals surface area contributed by atoms with Gasteiger partial charge in [0.2, 0.25) is 11.8 Å². The quantitative estimate of drug-likeness (QED) is 0.0386. The molecule has 3 amide bonds. The number of ether oxygens (including phenoxy) is 1. The molecule has 0 saturated heterocycles. The second-order valence-corrected chi connectivity index (χ2v) is 19.8. The Morgan fingerprint density at radius 2 is 1.23 bits per heavy atom. The number of nitrogens with one attached hydrogen (secondary N) is 2. The van der Waals surface area contributed by atoms with Crippen molar-refractivity contribution in [3.63, 3.8) is 0 Å². The minimum Gasteiger partial charge on any atom is -0.465 e. The number of rotatable bonds is 40. The molecule has 2 rings (SSSR count). The predicted octanol–water partition coefficient (Wildman–Crippen LogP) is 13.9. The van der Waals surface area contributed by atoms with Crippen molar-refractivity contribution in [2.75, 3.05) is 45.7 Å². The molecule has 0 unspecified atom stereocenters. The van der Waals surface area contributed by atoms with Crippen LogP contribution in [0.1, 0.15) is 234 Å². The van der Waals surface area contributed by atoms with Gasteiger partial charge in [0.05, 0.1) is 24.6 Å². The largest absolute Gasteiger partial charge is 0.465 e. The number of nitrogens with zero attached hydrogens (tertiary/aromatic N) is 2. The molecule has 10 heteroatoms. The normalized spacial score (nSPS) is 12.8. The summed E-state index contributed by atoms with van der Waals surface area (Å²) < 4.78 is 5.82. The first-order valence-electron chi connectivity index (χ1n) is 26.3. The second kappa shape index (κ2) is 38.2. The number of allylic oxidation sites excluding steroid dienone is 4. The van der Waals surface area contributed by atoms with E-state index in [1.165, 1.54) is 108 Å². The zero-order chi connectivity index (χ0) is 46.5. The molecule has 2 N–H and O–H groups in total. The van der Waals surface area contributed by atoms with Gasteiger partial charge in [0.15, 0.2) is 0 Å². The van der Waals surface area contributed by atoms with Crippen LogP contribution < -0.4 is 10.6 Å². The van der Waals surface area contributed by atoms with Gasteiger partial charge in [-0.25, -0.2) is 0 Å². The van der Waals surface area contributed by atoms with Crippen LogP contribution >= 0.6 is 11.3 Å². The van der Waals surface area contributed by atoms with E-state index in [0.29, 0.717) is 56.1 Å². The summed E-state index contributed by atoms with van der Waals surface area (Å²) in [6.07, 6.45) is 42.0. The van der Waals surface area contributed by atoms with Crippen LogP contribution in [0.2, 0.25) is 0 Å². The number of unbranched alkanes of at least 4 members (excludes halogenated alkanes) is 20. The van der Waals surface area contributed by atoms with Crippen LogP contribution in [0.25, 0.3) is 0 Å². The van der Waals surface area contributed by atoms with Gasteiger partial charge >= 0.3 is 5.97 Å². The summed E-state index contributed by atoms with van der Waals surface area (Å²) in [5.41, 5.74) is 1.52. The minimum absolute atomic E-state index is 0.00852. The summed E-state index contributed by atoms with van der Waals surface area (Å²) in [7, 11) is 3.95. The molecule has 0 aliphatic carbocycles. The van der Waals surface area contributed by atoms with Crippen LogP contribution in [0.3, 0.4) is 0 Å². The van der Waals surface area contributed by atoms with Gasteiger partial charge in [-0.15, -0.1) is 11.3 Å². The van der Waals surface area contributed by atoms with Crippen molar-refractivity contribution in [2.24, 2.45) is 5.92 Å². The van der Waals surface area contributed by atoms with E-state index in [1.807, 2.05) is 23.9 Å². The zero-order valence-corrected chi connectivity index (χ0v) is 42.5. The summed E-state index contributed by atoms with van der Waals surface area (Å²) in [4.78, 5) is 58.2. The number of anilines is 1. The molecule has 0 radical (unpaired) electrons. The number of likely N-dealkylation sites (N-methyl/N-ethyl adjacent to an activating group) is 1.